The van der Waals surface area contributed by atoms with E-state index in [4.69, 9.17) is 19.4 Å². The summed E-state index contributed by atoms with van der Waals surface area (Å²) in [6.45, 7) is 7.22. The Morgan fingerprint density at radius 3 is 2.84 bits per heavy atom. The van der Waals surface area contributed by atoms with Crippen LogP contribution in [0.25, 0.3) is 0 Å². The van der Waals surface area contributed by atoms with Gasteiger partial charge in [0, 0.05) is 51.4 Å². The van der Waals surface area contributed by atoms with Gasteiger partial charge in [-0.15, -0.1) is 0 Å². The largest absolute Gasteiger partial charge is 0.378 e. The number of rotatable bonds is 5. The molecule has 0 radical (unpaired) electrons. The standard InChI is InChI=1S/C22H28N6O3/c1-16(29)27-7-4-18(14-27)31-15-20-19-5-8-28(17-3-2-6-23-13-17)21(19)25-22(24-20)26-9-11-30-12-10-26/h2-3,6,13,18H,4-5,7-12,14-15H2,1H3. The first kappa shape index (κ1) is 20.1. The first-order valence-corrected chi connectivity index (χ1v) is 11.0. The van der Waals surface area contributed by atoms with Gasteiger partial charge in [0.1, 0.15) is 5.82 Å². The van der Waals surface area contributed by atoms with Crippen LogP contribution in [0.3, 0.4) is 0 Å². The van der Waals surface area contributed by atoms with Crippen molar-refractivity contribution in [3.05, 3.63) is 35.8 Å². The van der Waals surface area contributed by atoms with Gasteiger partial charge in [0.05, 0.1) is 43.5 Å². The first-order valence-electron chi connectivity index (χ1n) is 11.0. The van der Waals surface area contributed by atoms with Gasteiger partial charge in [-0.25, -0.2) is 4.98 Å². The number of likely N-dealkylation sites (tertiary alicyclic amines) is 1. The molecule has 0 aliphatic carbocycles. The van der Waals surface area contributed by atoms with Gasteiger partial charge in [-0.3, -0.25) is 9.78 Å². The van der Waals surface area contributed by atoms with E-state index >= 15 is 0 Å². The number of pyridine rings is 1. The zero-order valence-electron chi connectivity index (χ0n) is 17.9. The molecule has 9 nitrogen and oxygen atoms in total. The molecular weight excluding hydrogens is 396 g/mol. The molecule has 0 aromatic carbocycles. The van der Waals surface area contributed by atoms with Crippen LogP contribution in [0.5, 0.6) is 0 Å². The molecule has 5 rings (SSSR count). The number of hydrogen-bond acceptors (Lipinski definition) is 8. The summed E-state index contributed by atoms with van der Waals surface area (Å²) in [6.07, 6.45) is 5.44. The van der Waals surface area contributed by atoms with Gasteiger partial charge in [0.15, 0.2) is 0 Å². The van der Waals surface area contributed by atoms with Crippen LogP contribution >= 0.6 is 0 Å². The normalized spacial score (nSPS) is 20.9. The Morgan fingerprint density at radius 1 is 1.23 bits per heavy atom. The van der Waals surface area contributed by atoms with E-state index in [1.165, 1.54) is 0 Å². The monoisotopic (exact) mass is 424 g/mol. The molecule has 0 saturated carbocycles. The van der Waals surface area contributed by atoms with Crippen molar-refractivity contribution >= 4 is 23.4 Å². The van der Waals surface area contributed by atoms with Crippen molar-refractivity contribution in [1.29, 1.82) is 0 Å². The molecule has 5 heterocycles. The molecule has 3 aliphatic rings. The average Bonchev–Trinajstić information content (AvgIpc) is 3.46. The van der Waals surface area contributed by atoms with Crippen molar-refractivity contribution in [2.75, 3.05) is 55.7 Å². The molecule has 9 heteroatoms. The second-order valence-electron chi connectivity index (χ2n) is 8.17. The minimum Gasteiger partial charge on any atom is -0.378 e. The highest BCUT2D eigenvalue weighted by atomic mass is 16.5. The molecule has 2 saturated heterocycles. The lowest BCUT2D eigenvalue weighted by atomic mass is 10.2. The molecule has 0 bridgehead atoms. The van der Waals surface area contributed by atoms with Crippen LogP contribution in [-0.2, 0) is 27.3 Å². The van der Waals surface area contributed by atoms with E-state index < -0.39 is 0 Å². The molecule has 1 amide bonds. The quantitative estimate of drug-likeness (QED) is 0.715. The Bertz CT molecular complexity index is 934. The van der Waals surface area contributed by atoms with E-state index in [-0.39, 0.29) is 12.0 Å². The smallest absolute Gasteiger partial charge is 0.227 e. The number of fused-ring (bicyclic) bond motifs is 1. The summed E-state index contributed by atoms with van der Waals surface area (Å²) in [6, 6.07) is 4.01. The maximum Gasteiger partial charge on any atom is 0.227 e. The molecule has 2 aromatic heterocycles. The Labute approximate surface area is 182 Å². The number of carbonyl (C=O) groups is 1. The number of hydrogen-bond donors (Lipinski definition) is 0. The number of anilines is 3. The number of carbonyl (C=O) groups excluding carboxylic acids is 1. The topological polar surface area (TPSA) is 83.9 Å². The van der Waals surface area contributed by atoms with Crippen molar-refractivity contribution in [3.63, 3.8) is 0 Å². The number of amides is 1. The summed E-state index contributed by atoms with van der Waals surface area (Å²) in [7, 11) is 0. The highest BCUT2D eigenvalue weighted by molar-refractivity contribution is 5.73. The Morgan fingerprint density at radius 2 is 2.10 bits per heavy atom. The Hall–Kier alpha value is -2.78. The SMILES string of the molecule is CC(=O)N1CCC(OCc2nc(N3CCOCC3)nc3c2CCN3c2cccnc2)C1. The van der Waals surface area contributed by atoms with Crippen LogP contribution in [-0.4, -0.2) is 77.8 Å². The molecule has 1 unspecified atom stereocenters. The lowest BCUT2D eigenvalue weighted by Gasteiger charge is -2.28. The summed E-state index contributed by atoms with van der Waals surface area (Å²) < 4.78 is 11.7. The zero-order chi connectivity index (χ0) is 21.2. The van der Waals surface area contributed by atoms with Crippen LogP contribution in [0.15, 0.2) is 24.5 Å². The molecule has 164 valence electrons. The van der Waals surface area contributed by atoms with Gasteiger partial charge in [0.25, 0.3) is 0 Å². The highest BCUT2D eigenvalue weighted by Crippen LogP contribution is 2.36. The fourth-order valence-electron chi connectivity index (χ4n) is 4.45. The fourth-order valence-corrected chi connectivity index (χ4v) is 4.45. The first-order chi connectivity index (χ1) is 15.2. The van der Waals surface area contributed by atoms with Gasteiger partial charge in [-0.2, -0.15) is 4.98 Å². The summed E-state index contributed by atoms with van der Waals surface area (Å²) in [5.74, 6) is 1.78. The molecule has 2 fully saturated rings. The van der Waals surface area contributed by atoms with E-state index in [1.807, 2.05) is 17.2 Å². The molecule has 31 heavy (non-hydrogen) atoms. The number of aromatic nitrogens is 3. The molecule has 2 aromatic rings. The number of nitrogens with zero attached hydrogens (tertiary/aromatic N) is 6. The maximum absolute atomic E-state index is 11.6. The molecule has 3 aliphatic heterocycles. The summed E-state index contributed by atoms with van der Waals surface area (Å²) in [5, 5.41) is 0. The maximum atomic E-state index is 11.6. The molecule has 1 atom stereocenters. The van der Waals surface area contributed by atoms with Crippen molar-refractivity contribution in [3.8, 4) is 0 Å². The fraction of sp³-hybridized carbons (Fsp3) is 0.545. The lowest BCUT2D eigenvalue weighted by Crippen LogP contribution is -2.37. The number of ether oxygens (including phenoxy) is 2. The van der Waals surface area contributed by atoms with Crippen molar-refractivity contribution in [2.24, 2.45) is 0 Å². The predicted molar refractivity (Wildman–Crippen MR) is 115 cm³/mol. The van der Waals surface area contributed by atoms with E-state index in [0.29, 0.717) is 26.4 Å². The third-order valence-corrected chi connectivity index (χ3v) is 6.20. The average molecular weight is 425 g/mol. The van der Waals surface area contributed by atoms with E-state index in [1.54, 1.807) is 13.1 Å². The van der Waals surface area contributed by atoms with Crippen molar-refractivity contribution < 1.29 is 14.3 Å². The number of morpholine rings is 1. The van der Waals surface area contributed by atoms with Crippen molar-refractivity contribution in [2.45, 2.75) is 32.5 Å². The van der Waals surface area contributed by atoms with Gasteiger partial charge < -0.3 is 24.2 Å². The minimum absolute atomic E-state index is 0.0529. The second kappa shape index (κ2) is 8.76. The summed E-state index contributed by atoms with van der Waals surface area (Å²) in [5.41, 5.74) is 3.12. The van der Waals surface area contributed by atoms with Crippen LogP contribution in [0.1, 0.15) is 24.6 Å². The van der Waals surface area contributed by atoms with E-state index in [2.05, 4.69) is 20.9 Å². The zero-order valence-corrected chi connectivity index (χ0v) is 17.9. The van der Waals surface area contributed by atoms with Crippen LogP contribution < -0.4 is 9.80 Å². The van der Waals surface area contributed by atoms with Crippen LogP contribution in [0.2, 0.25) is 0 Å². The van der Waals surface area contributed by atoms with Gasteiger partial charge >= 0.3 is 0 Å². The van der Waals surface area contributed by atoms with Crippen molar-refractivity contribution in [1.82, 2.24) is 19.9 Å². The predicted octanol–water partition coefficient (Wildman–Crippen LogP) is 1.54. The highest BCUT2D eigenvalue weighted by Gasteiger charge is 2.30. The van der Waals surface area contributed by atoms with Crippen LogP contribution in [0, 0.1) is 0 Å². The molecule has 0 N–H and O–H groups in total. The Kier molecular flexibility index (Phi) is 5.69. The Balaban J connectivity index is 1.41. The second-order valence-corrected chi connectivity index (χ2v) is 8.17. The van der Waals surface area contributed by atoms with E-state index in [0.717, 1.165) is 67.7 Å². The van der Waals surface area contributed by atoms with Gasteiger partial charge in [0.2, 0.25) is 11.9 Å². The van der Waals surface area contributed by atoms with E-state index in [9.17, 15) is 4.79 Å². The summed E-state index contributed by atoms with van der Waals surface area (Å²) in [4.78, 5) is 32.0. The molecule has 0 spiro atoms. The third-order valence-electron chi connectivity index (χ3n) is 6.20. The van der Waals surface area contributed by atoms with Crippen LogP contribution in [0.4, 0.5) is 17.5 Å². The summed E-state index contributed by atoms with van der Waals surface area (Å²) >= 11 is 0. The van der Waals surface area contributed by atoms with Gasteiger partial charge in [-0.05, 0) is 25.0 Å². The lowest BCUT2D eigenvalue weighted by molar-refractivity contribution is -0.128. The third kappa shape index (κ3) is 4.20. The minimum atomic E-state index is 0.0529. The molecular formula is C22H28N6O3. The van der Waals surface area contributed by atoms with Gasteiger partial charge in [-0.1, -0.05) is 0 Å².